The van der Waals surface area contributed by atoms with Crippen LogP contribution in [0, 0.1) is 5.92 Å². The summed E-state index contributed by atoms with van der Waals surface area (Å²) < 4.78 is 5.44. The van der Waals surface area contributed by atoms with Gasteiger partial charge in [-0.15, -0.1) is 6.58 Å². The molecule has 4 heteroatoms. The second-order valence-electron chi connectivity index (χ2n) is 3.46. The molecule has 0 aliphatic carbocycles. The Morgan fingerprint density at radius 3 is 2.73 bits per heavy atom. The highest BCUT2D eigenvalue weighted by Gasteiger charge is 2.11. The van der Waals surface area contributed by atoms with Crippen LogP contribution in [0.3, 0.4) is 0 Å². The first-order valence-corrected chi connectivity index (χ1v) is 5.22. The van der Waals surface area contributed by atoms with E-state index in [0.717, 1.165) is 0 Å². The molecule has 0 aromatic carbocycles. The fraction of sp³-hybridized carbons (Fsp3) is 0.727. The third-order valence-corrected chi connectivity index (χ3v) is 2.25. The highest BCUT2D eigenvalue weighted by Crippen LogP contribution is 2.05. The van der Waals surface area contributed by atoms with Gasteiger partial charge < -0.3 is 15.2 Å². The number of amides is 1. The zero-order valence-corrected chi connectivity index (χ0v) is 9.53. The van der Waals surface area contributed by atoms with Crippen LogP contribution in [0.25, 0.3) is 0 Å². The lowest BCUT2D eigenvalue weighted by Gasteiger charge is -2.14. The summed E-state index contributed by atoms with van der Waals surface area (Å²) in [6, 6.07) is 0. The van der Waals surface area contributed by atoms with Gasteiger partial charge >= 0.3 is 0 Å². The topological polar surface area (TPSA) is 58.6 Å². The van der Waals surface area contributed by atoms with Crippen molar-refractivity contribution in [3.05, 3.63) is 12.7 Å². The van der Waals surface area contributed by atoms with Gasteiger partial charge in [-0.25, -0.2) is 0 Å². The Labute approximate surface area is 91.3 Å². The largest absolute Gasteiger partial charge is 0.396 e. The van der Waals surface area contributed by atoms with Crippen LogP contribution in [0.4, 0.5) is 0 Å². The molecule has 0 fully saturated rings. The van der Waals surface area contributed by atoms with E-state index in [2.05, 4.69) is 11.9 Å². The zero-order valence-electron chi connectivity index (χ0n) is 9.53. The van der Waals surface area contributed by atoms with Gasteiger partial charge in [-0.2, -0.15) is 0 Å². The quantitative estimate of drug-likeness (QED) is 0.586. The van der Waals surface area contributed by atoms with Gasteiger partial charge in [0.2, 0.25) is 5.91 Å². The lowest BCUT2D eigenvalue weighted by molar-refractivity contribution is -0.124. The highest BCUT2D eigenvalue weighted by molar-refractivity contribution is 5.77. The maximum atomic E-state index is 11.2. The van der Waals surface area contributed by atoms with Crippen LogP contribution in [0.15, 0.2) is 12.7 Å². The van der Waals surface area contributed by atoms with Gasteiger partial charge in [-0.1, -0.05) is 13.0 Å². The van der Waals surface area contributed by atoms with E-state index in [0.29, 0.717) is 19.4 Å². The highest BCUT2D eigenvalue weighted by atomic mass is 16.5. The summed E-state index contributed by atoms with van der Waals surface area (Å²) in [6.07, 6.45) is 2.78. The SMILES string of the molecule is C=CC(CCO)OCCC(C)C(=O)NC. The summed E-state index contributed by atoms with van der Waals surface area (Å²) in [4.78, 5) is 11.2. The monoisotopic (exact) mass is 215 g/mol. The van der Waals surface area contributed by atoms with Crippen LogP contribution in [0.5, 0.6) is 0 Å². The second-order valence-corrected chi connectivity index (χ2v) is 3.46. The first kappa shape index (κ1) is 14.1. The molecule has 2 atom stereocenters. The standard InChI is InChI=1S/C11H21NO3/c1-4-10(5-7-13)15-8-6-9(2)11(14)12-3/h4,9-10,13H,1,5-8H2,2-3H3,(H,12,14). The van der Waals surface area contributed by atoms with E-state index in [1.54, 1.807) is 13.1 Å². The van der Waals surface area contributed by atoms with Crippen LogP contribution in [-0.4, -0.2) is 37.4 Å². The van der Waals surface area contributed by atoms with Gasteiger partial charge in [0.1, 0.15) is 0 Å². The first-order valence-electron chi connectivity index (χ1n) is 5.22. The van der Waals surface area contributed by atoms with Crippen molar-refractivity contribution >= 4 is 5.91 Å². The average Bonchev–Trinajstić information content (AvgIpc) is 2.26. The van der Waals surface area contributed by atoms with Crippen molar-refractivity contribution in [3.63, 3.8) is 0 Å². The van der Waals surface area contributed by atoms with E-state index in [1.165, 1.54) is 0 Å². The normalized spacial score (nSPS) is 14.3. The molecule has 0 saturated heterocycles. The van der Waals surface area contributed by atoms with E-state index >= 15 is 0 Å². The number of aliphatic hydroxyl groups is 1. The Morgan fingerprint density at radius 2 is 2.27 bits per heavy atom. The predicted octanol–water partition coefficient (Wildman–Crippen LogP) is 0.712. The van der Waals surface area contributed by atoms with Crippen molar-refractivity contribution in [1.29, 1.82) is 0 Å². The molecule has 0 aromatic heterocycles. The van der Waals surface area contributed by atoms with Crippen LogP contribution < -0.4 is 5.32 Å². The van der Waals surface area contributed by atoms with Crippen molar-refractivity contribution < 1.29 is 14.6 Å². The molecule has 0 aliphatic rings. The minimum absolute atomic E-state index is 0.0240. The molecule has 2 unspecified atom stereocenters. The van der Waals surface area contributed by atoms with Crippen molar-refractivity contribution in [3.8, 4) is 0 Å². The van der Waals surface area contributed by atoms with Gasteiger partial charge in [-0.3, -0.25) is 4.79 Å². The molecule has 0 rings (SSSR count). The van der Waals surface area contributed by atoms with Crippen LogP contribution in [-0.2, 0) is 9.53 Å². The summed E-state index contributed by atoms with van der Waals surface area (Å²) in [5.74, 6) is -0.0227. The Kier molecular flexibility index (Phi) is 7.95. The van der Waals surface area contributed by atoms with E-state index in [1.807, 2.05) is 6.92 Å². The summed E-state index contributed by atoms with van der Waals surface area (Å²) in [6.45, 7) is 6.06. The molecule has 0 radical (unpaired) electrons. The first-order chi connectivity index (χ1) is 7.15. The summed E-state index contributed by atoms with van der Waals surface area (Å²) in [5, 5.41) is 11.3. The number of rotatable bonds is 8. The van der Waals surface area contributed by atoms with Crippen molar-refractivity contribution in [1.82, 2.24) is 5.32 Å². The molecule has 4 nitrogen and oxygen atoms in total. The third kappa shape index (κ3) is 6.25. The molecule has 0 bridgehead atoms. The Bertz CT molecular complexity index is 192. The number of hydrogen-bond donors (Lipinski definition) is 2. The van der Waals surface area contributed by atoms with E-state index in [4.69, 9.17) is 9.84 Å². The molecule has 0 aromatic rings. The van der Waals surface area contributed by atoms with Crippen LogP contribution >= 0.6 is 0 Å². The molecule has 88 valence electrons. The average molecular weight is 215 g/mol. The maximum absolute atomic E-state index is 11.2. The number of hydrogen-bond acceptors (Lipinski definition) is 3. The van der Waals surface area contributed by atoms with Crippen molar-refractivity contribution in [2.75, 3.05) is 20.3 Å². The molecule has 0 saturated carbocycles. The molecule has 0 heterocycles. The lowest BCUT2D eigenvalue weighted by atomic mass is 10.1. The Hall–Kier alpha value is -0.870. The lowest BCUT2D eigenvalue weighted by Crippen LogP contribution is -2.26. The minimum Gasteiger partial charge on any atom is -0.396 e. The van der Waals surface area contributed by atoms with Gasteiger partial charge in [0, 0.05) is 32.6 Å². The van der Waals surface area contributed by atoms with Crippen molar-refractivity contribution in [2.45, 2.75) is 25.9 Å². The summed E-state index contributed by atoms with van der Waals surface area (Å²) in [5.41, 5.74) is 0. The molecular formula is C11H21NO3. The fourth-order valence-corrected chi connectivity index (χ4v) is 1.17. The van der Waals surface area contributed by atoms with Gasteiger partial charge in [0.25, 0.3) is 0 Å². The third-order valence-electron chi connectivity index (χ3n) is 2.25. The maximum Gasteiger partial charge on any atom is 0.222 e. The predicted molar refractivity (Wildman–Crippen MR) is 59.5 cm³/mol. The number of nitrogens with one attached hydrogen (secondary N) is 1. The summed E-state index contributed by atoms with van der Waals surface area (Å²) in [7, 11) is 1.62. The molecule has 0 aliphatic heterocycles. The fourth-order valence-electron chi connectivity index (χ4n) is 1.17. The van der Waals surface area contributed by atoms with Crippen LogP contribution in [0.1, 0.15) is 19.8 Å². The molecule has 15 heavy (non-hydrogen) atoms. The number of aliphatic hydroxyl groups excluding tert-OH is 1. The molecule has 1 amide bonds. The number of ether oxygens (including phenoxy) is 1. The van der Waals surface area contributed by atoms with E-state index in [9.17, 15) is 4.79 Å². The molecule has 0 spiro atoms. The van der Waals surface area contributed by atoms with Gasteiger partial charge in [0.05, 0.1) is 6.10 Å². The minimum atomic E-state index is -0.119. The smallest absolute Gasteiger partial charge is 0.222 e. The van der Waals surface area contributed by atoms with E-state index in [-0.39, 0.29) is 24.5 Å². The van der Waals surface area contributed by atoms with Gasteiger partial charge in [0.15, 0.2) is 0 Å². The number of carbonyl (C=O) groups excluding carboxylic acids is 1. The van der Waals surface area contributed by atoms with Crippen LogP contribution in [0.2, 0.25) is 0 Å². The Balaban J connectivity index is 3.67. The summed E-state index contributed by atoms with van der Waals surface area (Å²) >= 11 is 0. The zero-order chi connectivity index (χ0) is 11.7. The van der Waals surface area contributed by atoms with E-state index < -0.39 is 0 Å². The van der Waals surface area contributed by atoms with Crippen molar-refractivity contribution in [2.24, 2.45) is 5.92 Å². The number of carbonyl (C=O) groups is 1. The van der Waals surface area contributed by atoms with Gasteiger partial charge in [-0.05, 0) is 6.42 Å². The second kappa shape index (κ2) is 8.44. The molecule has 2 N–H and O–H groups in total. The Morgan fingerprint density at radius 1 is 1.60 bits per heavy atom. The molecular weight excluding hydrogens is 194 g/mol.